The highest BCUT2D eigenvalue weighted by atomic mass is 16.3. The molecule has 0 fully saturated rings. The Bertz CT molecular complexity index is 373. The Morgan fingerprint density at radius 2 is 1.56 bits per heavy atom. The lowest BCUT2D eigenvalue weighted by atomic mass is 9.72. The summed E-state index contributed by atoms with van der Waals surface area (Å²) in [4.78, 5) is 0. The van der Waals surface area contributed by atoms with Crippen LogP contribution in [0, 0.1) is 5.41 Å². The first kappa shape index (κ1) is 12.9. The normalized spacial score (nSPS) is 12.8. The highest BCUT2D eigenvalue weighted by molar-refractivity contribution is 5.47. The van der Waals surface area contributed by atoms with Crippen molar-refractivity contribution in [3.63, 3.8) is 0 Å². The van der Waals surface area contributed by atoms with E-state index in [1.807, 2.05) is 6.07 Å². The van der Waals surface area contributed by atoms with Gasteiger partial charge in [0.2, 0.25) is 0 Å². The molecule has 0 atom stereocenters. The summed E-state index contributed by atoms with van der Waals surface area (Å²) in [5, 5.41) is 19.4. The summed E-state index contributed by atoms with van der Waals surface area (Å²) in [6.07, 6.45) is 0.941. The molecule has 0 aromatic heterocycles. The van der Waals surface area contributed by atoms with Crippen molar-refractivity contribution in [2.45, 2.75) is 46.5 Å². The van der Waals surface area contributed by atoms with E-state index in [4.69, 9.17) is 0 Å². The van der Waals surface area contributed by atoms with Crippen LogP contribution in [0.1, 0.15) is 46.6 Å². The van der Waals surface area contributed by atoms with E-state index in [2.05, 4.69) is 34.6 Å². The van der Waals surface area contributed by atoms with Gasteiger partial charge < -0.3 is 10.2 Å². The highest BCUT2D eigenvalue weighted by Crippen LogP contribution is 2.42. The lowest BCUT2D eigenvalue weighted by Gasteiger charge is -2.33. The maximum Gasteiger partial charge on any atom is 0.161 e. The molecule has 1 aromatic rings. The Morgan fingerprint density at radius 3 is 2.06 bits per heavy atom. The van der Waals surface area contributed by atoms with Crippen molar-refractivity contribution in [1.29, 1.82) is 0 Å². The van der Waals surface area contributed by atoms with Gasteiger partial charge in [0.25, 0.3) is 0 Å². The third-order valence-corrected chi connectivity index (χ3v) is 2.72. The van der Waals surface area contributed by atoms with Crippen molar-refractivity contribution >= 4 is 0 Å². The van der Waals surface area contributed by atoms with Crippen LogP contribution in [0.4, 0.5) is 0 Å². The molecule has 0 aliphatic rings. The van der Waals surface area contributed by atoms with Gasteiger partial charge in [0, 0.05) is 5.56 Å². The van der Waals surface area contributed by atoms with Crippen molar-refractivity contribution in [3.8, 4) is 11.5 Å². The fraction of sp³-hybridized carbons (Fsp3) is 0.571. The lowest BCUT2D eigenvalue weighted by molar-refractivity contribution is 0.276. The van der Waals surface area contributed by atoms with Crippen molar-refractivity contribution in [2.75, 3.05) is 0 Å². The quantitative estimate of drug-likeness (QED) is 0.747. The largest absolute Gasteiger partial charge is 0.504 e. The standard InChI is InChI=1S/C14H22O2/c1-13(2,3)9-14(4,5)10-7-6-8-11(15)12(10)16/h6-8,15-16H,9H2,1-5H3. The number of hydrogen-bond acceptors (Lipinski definition) is 2. The number of benzene rings is 1. The zero-order valence-electron chi connectivity index (χ0n) is 10.8. The zero-order valence-corrected chi connectivity index (χ0v) is 10.8. The molecule has 0 spiro atoms. The zero-order chi connectivity index (χ0) is 12.6. The first-order valence-electron chi connectivity index (χ1n) is 5.65. The van der Waals surface area contributed by atoms with Crippen LogP contribution in [0.25, 0.3) is 0 Å². The molecule has 0 heterocycles. The van der Waals surface area contributed by atoms with Crippen molar-refractivity contribution in [2.24, 2.45) is 5.41 Å². The van der Waals surface area contributed by atoms with Gasteiger partial charge in [0.15, 0.2) is 11.5 Å². The number of aromatic hydroxyl groups is 2. The predicted octanol–water partition coefficient (Wildman–Crippen LogP) is 3.81. The summed E-state index contributed by atoms with van der Waals surface area (Å²) < 4.78 is 0. The van der Waals surface area contributed by atoms with Gasteiger partial charge in [-0.3, -0.25) is 0 Å². The fourth-order valence-corrected chi connectivity index (χ4v) is 2.50. The number of rotatable bonds is 2. The van der Waals surface area contributed by atoms with Crippen molar-refractivity contribution in [1.82, 2.24) is 0 Å². The summed E-state index contributed by atoms with van der Waals surface area (Å²) >= 11 is 0. The molecule has 2 nitrogen and oxygen atoms in total. The van der Waals surface area contributed by atoms with E-state index in [0.29, 0.717) is 0 Å². The van der Waals surface area contributed by atoms with Crippen LogP contribution < -0.4 is 0 Å². The van der Waals surface area contributed by atoms with Gasteiger partial charge in [-0.2, -0.15) is 0 Å². The van der Waals surface area contributed by atoms with E-state index in [1.165, 1.54) is 6.07 Å². The van der Waals surface area contributed by atoms with E-state index >= 15 is 0 Å². The van der Waals surface area contributed by atoms with Crippen LogP contribution in [0.3, 0.4) is 0 Å². The molecular weight excluding hydrogens is 200 g/mol. The molecular formula is C14H22O2. The van der Waals surface area contributed by atoms with Crippen molar-refractivity contribution < 1.29 is 10.2 Å². The Kier molecular flexibility index (Phi) is 3.22. The van der Waals surface area contributed by atoms with Crippen LogP contribution >= 0.6 is 0 Å². The molecule has 0 aliphatic carbocycles. The van der Waals surface area contributed by atoms with Gasteiger partial charge in [-0.25, -0.2) is 0 Å². The molecule has 0 saturated carbocycles. The third kappa shape index (κ3) is 2.91. The molecule has 0 saturated heterocycles. The molecule has 0 unspecified atom stereocenters. The van der Waals surface area contributed by atoms with E-state index in [-0.39, 0.29) is 22.3 Å². The molecule has 1 aromatic carbocycles. The molecule has 0 amide bonds. The Balaban J connectivity index is 3.12. The average molecular weight is 222 g/mol. The van der Waals surface area contributed by atoms with Crippen LogP contribution in [0.2, 0.25) is 0 Å². The van der Waals surface area contributed by atoms with Gasteiger partial charge >= 0.3 is 0 Å². The number of para-hydroxylation sites is 1. The fourth-order valence-electron chi connectivity index (χ4n) is 2.50. The molecule has 0 bridgehead atoms. The maximum absolute atomic E-state index is 9.88. The molecule has 16 heavy (non-hydrogen) atoms. The highest BCUT2D eigenvalue weighted by Gasteiger charge is 2.30. The summed E-state index contributed by atoms with van der Waals surface area (Å²) in [6, 6.07) is 5.15. The van der Waals surface area contributed by atoms with Gasteiger partial charge in [-0.15, -0.1) is 0 Å². The Labute approximate surface area is 97.9 Å². The average Bonchev–Trinajstić information content (AvgIpc) is 2.05. The second-order valence-corrected chi connectivity index (χ2v) is 6.29. The molecule has 1 rings (SSSR count). The maximum atomic E-state index is 9.88. The van der Waals surface area contributed by atoms with Crippen LogP contribution in [-0.2, 0) is 5.41 Å². The number of hydrogen-bond donors (Lipinski definition) is 2. The molecule has 0 aliphatic heterocycles. The number of phenolic OH excluding ortho intramolecular Hbond substituents is 2. The first-order valence-corrected chi connectivity index (χ1v) is 5.65. The minimum absolute atomic E-state index is 0.0109. The first-order chi connectivity index (χ1) is 7.13. The van der Waals surface area contributed by atoms with Gasteiger partial charge in [-0.1, -0.05) is 46.8 Å². The monoisotopic (exact) mass is 222 g/mol. The molecule has 0 radical (unpaired) electrons. The van der Waals surface area contributed by atoms with E-state index in [9.17, 15) is 10.2 Å². The van der Waals surface area contributed by atoms with Crippen molar-refractivity contribution in [3.05, 3.63) is 23.8 Å². The smallest absolute Gasteiger partial charge is 0.161 e. The minimum atomic E-state index is -0.152. The Morgan fingerprint density at radius 1 is 1.00 bits per heavy atom. The molecule has 2 heteroatoms. The van der Waals surface area contributed by atoms with Gasteiger partial charge in [0.1, 0.15) is 0 Å². The third-order valence-electron chi connectivity index (χ3n) is 2.72. The molecule has 2 N–H and O–H groups in total. The molecule has 90 valence electrons. The number of phenols is 2. The van der Waals surface area contributed by atoms with Crippen LogP contribution in [0.5, 0.6) is 11.5 Å². The van der Waals surface area contributed by atoms with Crippen LogP contribution in [-0.4, -0.2) is 10.2 Å². The summed E-state index contributed by atoms with van der Waals surface area (Å²) in [7, 11) is 0. The van der Waals surface area contributed by atoms with Gasteiger partial charge in [-0.05, 0) is 23.3 Å². The topological polar surface area (TPSA) is 40.5 Å². The van der Waals surface area contributed by atoms with E-state index in [0.717, 1.165) is 12.0 Å². The summed E-state index contributed by atoms with van der Waals surface area (Å²) in [5.74, 6) is -0.0313. The van der Waals surface area contributed by atoms with E-state index in [1.54, 1.807) is 6.07 Å². The lowest BCUT2D eigenvalue weighted by Crippen LogP contribution is -2.24. The van der Waals surface area contributed by atoms with E-state index < -0.39 is 0 Å². The summed E-state index contributed by atoms with van der Waals surface area (Å²) in [6.45, 7) is 10.7. The Hall–Kier alpha value is -1.18. The second kappa shape index (κ2) is 4.00. The SMILES string of the molecule is CC(C)(C)CC(C)(C)c1cccc(O)c1O. The van der Waals surface area contributed by atoms with Crippen LogP contribution in [0.15, 0.2) is 18.2 Å². The van der Waals surface area contributed by atoms with Gasteiger partial charge in [0.05, 0.1) is 0 Å². The second-order valence-electron chi connectivity index (χ2n) is 6.29. The predicted molar refractivity (Wildman–Crippen MR) is 66.9 cm³/mol. The summed E-state index contributed by atoms with van der Waals surface area (Å²) in [5.41, 5.74) is 0.838. The minimum Gasteiger partial charge on any atom is -0.504 e.